The van der Waals surface area contributed by atoms with Crippen molar-refractivity contribution in [3.8, 4) is 11.5 Å². The maximum Gasteiger partial charge on any atom is 0.573 e. The van der Waals surface area contributed by atoms with E-state index in [4.69, 9.17) is 4.74 Å². The van der Waals surface area contributed by atoms with Crippen LogP contribution in [0, 0.1) is 6.92 Å². The zero-order valence-electron chi connectivity index (χ0n) is 15.4. The summed E-state index contributed by atoms with van der Waals surface area (Å²) in [6.45, 7) is 1.55. The summed E-state index contributed by atoms with van der Waals surface area (Å²) in [7, 11) is -3.66. The van der Waals surface area contributed by atoms with Gasteiger partial charge in [0.1, 0.15) is 11.5 Å². The van der Waals surface area contributed by atoms with Crippen molar-refractivity contribution in [3.63, 3.8) is 0 Å². The second kappa shape index (κ2) is 7.47. The van der Waals surface area contributed by atoms with Gasteiger partial charge in [0, 0.05) is 5.69 Å². The van der Waals surface area contributed by atoms with Gasteiger partial charge in [-0.2, -0.15) is 0 Å². The fraction of sp³-hybridized carbons (Fsp3) is 0.278. The number of amides is 1. The highest BCUT2D eigenvalue weighted by Crippen LogP contribution is 2.36. The Balaban J connectivity index is 1.77. The molecule has 156 valence electrons. The van der Waals surface area contributed by atoms with Crippen molar-refractivity contribution < 1.29 is 35.9 Å². The maximum absolute atomic E-state index is 12.6. The van der Waals surface area contributed by atoms with Crippen molar-refractivity contribution in [3.05, 3.63) is 48.0 Å². The average Bonchev–Trinajstić information content (AvgIpc) is 2.60. The molecule has 0 saturated carbocycles. The fourth-order valence-electron chi connectivity index (χ4n) is 2.77. The summed E-state index contributed by atoms with van der Waals surface area (Å²) in [5, 5.41) is 2.50. The van der Waals surface area contributed by atoms with E-state index in [1.807, 2.05) is 0 Å². The first-order valence-corrected chi connectivity index (χ1v) is 10.2. The number of sulfonamides is 1. The number of nitrogens with one attached hydrogen (secondary N) is 1. The minimum atomic E-state index is -4.82. The first kappa shape index (κ1) is 20.8. The van der Waals surface area contributed by atoms with Crippen LogP contribution in [0.15, 0.2) is 42.5 Å². The third-order valence-electron chi connectivity index (χ3n) is 4.03. The largest absolute Gasteiger partial charge is 0.573 e. The smallest absolute Gasteiger partial charge is 0.476 e. The van der Waals surface area contributed by atoms with Crippen molar-refractivity contribution >= 4 is 27.3 Å². The fourth-order valence-corrected chi connectivity index (χ4v) is 3.69. The van der Waals surface area contributed by atoms with Crippen molar-refractivity contribution in [2.75, 3.05) is 22.4 Å². The molecule has 0 aliphatic carbocycles. The molecule has 0 spiro atoms. The number of ether oxygens (including phenoxy) is 2. The Morgan fingerprint density at radius 1 is 1.21 bits per heavy atom. The zero-order valence-corrected chi connectivity index (χ0v) is 16.2. The van der Waals surface area contributed by atoms with Gasteiger partial charge in [-0.15, -0.1) is 13.2 Å². The first-order valence-electron chi connectivity index (χ1n) is 8.34. The summed E-state index contributed by atoms with van der Waals surface area (Å²) >= 11 is 0. The number of fused-ring (bicyclic) bond motifs is 1. The number of rotatable bonds is 4. The van der Waals surface area contributed by atoms with Crippen molar-refractivity contribution in [1.29, 1.82) is 0 Å². The van der Waals surface area contributed by atoms with Gasteiger partial charge in [0.15, 0.2) is 6.10 Å². The molecule has 0 fully saturated rings. The molecule has 0 saturated heterocycles. The third kappa shape index (κ3) is 5.11. The normalized spacial score (nSPS) is 16.6. The van der Waals surface area contributed by atoms with E-state index in [1.54, 1.807) is 25.1 Å². The summed E-state index contributed by atoms with van der Waals surface area (Å²) in [4.78, 5) is 12.6. The summed E-state index contributed by atoms with van der Waals surface area (Å²) in [5.74, 6) is -0.830. The Kier molecular flexibility index (Phi) is 5.35. The van der Waals surface area contributed by atoms with E-state index in [1.165, 1.54) is 12.1 Å². The highest BCUT2D eigenvalue weighted by molar-refractivity contribution is 7.92. The standard InChI is InChI=1S/C18H17F3N2O5S/c1-11-3-8-14-15(9-11)27-16(10-23(14)29(2,25)26)17(24)22-12-4-6-13(7-5-12)28-18(19,20)21/h3-9,16H,10H2,1-2H3,(H,22,24)/t16-/m1/s1. The van der Waals surface area contributed by atoms with Crippen LogP contribution in [-0.4, -0.2) is 39.6 Å². The number of benzene rings is 2. The minimum Gasteiger partial charge on any atom is -0.476 e. The van der Waals surface area contributed by atoms with Gasteiger partial charge in [-0.1, -0.05) is 6.07 Å². The number of carbonyl (C=O) groups excluding carboxylic acids is 1. The Morgan fingerprint density at radius 2 is 1.86 bits per heavy atom. The van der Waals surface area contributed by atoms with Crippen LogP contribution in [0.1, 0.15) is 5.56 Å². The third-order valence-corrected chi connectivity index (χ3v) is 5.18. The second-order valence-electron chi connectivity index (χ2n) is 6.43. The Bertz CT molecular complexity index is 1020. The average molecular weight is 430 g/mol. The summed E-state index contributed by atoms with van der Waals surface area (Å²) < 4.78 is 71.5. The van der Waals surface area contributed by atoms with Crippen molar-refractivity contribution in [2.45, 2.75) is 19.4 Å². The minimum absolute atomic E-state index is 0.203. The molecule has 1 aliphatic rings. The lowest BCUT2D eigenvalue weighted by atomic mass is 10.1. The molecule has 11 heteroatoms. The lowest BCUT2D eigenvalue weighted by molar-refractivity contribution is -0.274. The van der Waals surface area contributed by atoms with Crippen LogP contribution in [0.4, 0.5) is 24.5 Å². The van der Waals surface area contributed by atoms with Crippen LogP contribution < -0.4 is 19.1 Å². The number of aryl methyl sites for hydroxylation is 1. The van der Waals surface area contributed by atoms with Gasteiger partial charge < -0.3 is 14.8 Å². The first-order chi connectivity index (χ1) is 13.4. The monoisotopic (exact) mass is 430 g/mol. The Labute approximate surface area is 165 Å². The molecule has 1 N–H and O–H groups in total. The van der Waals surface area contributed by atoms with E-state index in [2.05, 4.69) is 10.1 Å². The van der Waals surface area contributed by atoms with Crippen LogP contribution in [0.3, 0.4) is 0 Å². The number of halogens is 3. The number of hydrogen-bond donors (Lipinski definition) is 1. The molecule has 0 bridgehead atoms. The number of alkyl halides is 3. The van der Waals surface area contributed by atoms with Crippen LogP contribution in [0.5, 0.6) is 11.5 Å². The molecule has 2 aromatic rings. The number of anilines is 2. The van der Waals surface area contributed by atoms with Crippen molar-refractivity contribution in [1.82, 2.24) is 0 Å². The van der Waals surface area contributed by atoms with Crippen molar-refractivity contribution in [2.24, 2.45) is 0 Å². The molecule has 1 aliphatic heterocycles. The predicted molar refractivity (Wildman–Crippen MR) is 99.5 cm³/mol. The van der Waals surface area contributed by atoms with Crippen LogP contribution in [0.25, 0.3) is 0 Å². The number of hydrogen-bond acceptors (Lipinski definition) is 5. The maximum atomic E-state index is 12.6. The van der Waals surface area contributed by atoms with Gasteiger partial charge in [-0.05, 0) is 48.9 Å². The lowest BCUT2D eigenvalue weighted by Gasteiger charge is -2.34. The van der Waals surface area contributed by atoms with E-state index in [9.17, 15) is 26.4 Å². The van der Waals surface area contributed by atoms with Crippen LogP contribution in [-0.2, 0) is 14.8 Å². The topological polar surface area (TPSA) is 84.9 Å². The summed E-state index contributed by atoms with van der Waals surface area (Å²) in [5.41, 5.74) is 1.35. The molecule has 0 unspecified atom stereocenters. The lowest BCUT2D eigenvalue weighted by Crippen LogP contribution is -2.48. The van der Waals surface area contributed by atoms with Gasteiger partial charge in [0.2, 0.25) is 10.0 Å². The predicted octanol–water partition coefficient (Wildman–Crippen LogP) is 3.06. The number of nitrogens with zero attached hydrogens (tertiary/aromatic N) is 1. The Hall–Kier alpha value is -2.95. The Morgan fingerprint density at radius 3 is 2.45 bits per heavy atom. The second-order valence-corrected chi connectivity index (χ2v) is 8.34. The van der Waals surface area contributed by atoms with E-state index >= 15 is 0 Å². The zero-order chi connectivity index (χ0) is 21.4. The van der Waals surface area contributed by atoms with E-state index in [0.29, 0.717) is 5.69 Å². The molecule has 7 nitrogen and oxygen atoms in total. The molecule has 29 heavy (non-hydrogen) atoms. The molecule has 0 radical (unpaired) electrons. The van der Waals surface area contributed by atoms with Crippen LogP contribution in [0.2, 0.25) is 0 Å². The molecule has 1 amide bonds. The number of carbonyl (C=O) groups is 1. The van der Waals surface area contributed by atoms with Gasteiger partial charge in [0.05, 0.1) is 18.5 Å². The highest BCUT2D eigenvalue weighted by Gasteiger charge is 2.35. The van der Waals surface area contributed by atoms with Gasteiger partial charge in [-0.25, -0.2) is 8.42 Å². The molecule has 1 atom stereocenters. The van der Waals surface area contributed by atoms with E-state index in [-0.39, 0.29) is 18.0 Å². The molecule has 3 rings (SSSR count). The molecule has 0 aromatic heterocycles. The molecule has 1 heterocycles. The summed E-state index contributed by atoms with van der Waals surface area (Å²) in [6, 6.07) is 9.50. The molecular formula is C18H17F3N2O5S. The van der Waals surface area contributed by atoms with Gasteiger partial charge >= 0.3 is 6.36 Å². The molecule has 2 aromatic carbocycles. The van der Waals surface area contributed by atoms with Crippen LogP contribution >= 0.6 is 0 Å². The molecular weight excluding hydrogens is 413 g/mol. The SMILES string of the molecule is Cc1ccc2c(c1)O[C@@H](C(=O)Nc1ccc(OC(F)(F)F)cc1)CN2S(C)(=O)=O. The quantitative estimate of drug-likeness (QED) is 0.806. The van der Waals surface area contributed by atoms with E-state index < -0.39 is 34.1 Å². The van der Waals surface area contributed by atoms with Gasteiger partial charge in [0.25, 0.3) is 5.91 Å². The van der Waals surface area contributed by atoms with E-state index in [0.717, 1.165) is 28.3 Å². The highest BCUT2D eigenvalue weighted by atomic mass is 32.2. The summed E-state index contributed by atoms with van der Waals surface area (Å²) in [6.07, 6.45) is -4.94. The van der Waals surface area contributed by atoms with Gasteiger partial charge in [-0.3, -0.25) is 9.10 Å².